The van der Waals surface area contributed by atoms with Crippen LogP contribution in [0.4, 0.5) is 0 Å². The number of hydrogen-bond acceptors (Lipinski definition) is 2. The molecule has 0 radical (unpaired) electrons. The van der Waals surface area contributed by atoms with Crippen LogP contribution in [0.3, 0.4) is 0 Å². The molecule has 0 saturated carbocycles. The summed E-state index contributed by atoms with van der Waals surface area (Å²) in [5, 5.41) is 1.12. The van der Waals surface area contributed by atoms with Gasteiger partial charge in [0.1, 0.15) is 5.75 Å². The minimum atomic E-state index is -0.198. The Hall–Kier alpha value is -3.53. The molecule has 0 aliphatic rings. The first-order chi connectivity index (χ1) is 15.1. The third kappa shape index (κ3) is 4.48. The van der Waals surface area contributed by atoms with Crippen LogP contribution in [-0.2, 0) is 4.79 Å². The molecule has 1 heterocycles. The summed E-state index contributed by atoms with van der Waals surface area (Å²) >= 11 is 0. The summed E-state index contributed by atoms with van der Waals surface area (Å²) in [4.78, 5) is 18.6. The zero-order chi connectivity index (χ0) is 21.8. The molecule has 0 bridgehead atoms. The highest BCUT2D eigenvalue weighted by Gasteiger charge is 2.28. The number of nitrogens with one attached hydrogen (secondary N) is 1. The van der Waals surface area contributed by atoms with Gasteiger partial charge in [-0.2, -0.15) is 0 Å². The van der Waals surface area contributed by atoms with Crippen molar-refractivity contribution in [3.05, 3.63) is 101 Å². The van der Waals surface area contributed by atoms with Crippen molar-refractivity contribution in [2.45, 2.75) is 26.8 Å². The van der Waals surface area contributed by atoms with Gasteiger partial charge in [-0.3, -0.25) is 4.79 Å². The Bertz CT molecular complexity index is 1160. The van der Waals surface area contributed by atoms with E-state index in [9.17, 15) is 4.79 Å². The van der Waals surface area contributed by atoms with Crippen molar-refractivity contribution in [1.82, 2.24) is 9.88 Å². The molecule has 4 nitrogen and oxygen atoms in total. The number of aryl methyl sites for hydroxylation is 2. The molecule has 1 amide bonds. The predicted molar refractivity (Wildman–Crippen MR) is 125 cm³/mol. The molecule has 158 valence electrons. The predicted octanol–water partition coefficient (Wildman–Crippen LogP) is 5.80. The average molecular weight is 413 g/mol. The van der Waals surface area contributed by atoms with Gasteiger partial charge < -0.3 is 14.6 Å². The van der Waals surface area contributed by atoms with Crippen molar-refractivity contribution in [3.8, 4) is 5.75 Å². The second-order valence-corrected chi connectivity index (χ2v) is 7.88. The van der Waals surface area contributed by atoms with Crippen LogP contribution < -0.4 is 4.74 Å². The molecule has 3 aromatic carbocycles. The first-order valence-corrected chi connectivity index (χ1v) is 10.7. The number of fused-ring (bicyclic) bond motifs is 1. The van der Waals surface area contributed by atoms with Crippen LogP contribution in [0.25, 0.3) is 10.9 Å². The zero-order valence-corrected chi connectivity index (χ0v) is 18.3. The molecule has 0 aliphatic heterocycles. The van der Waals surface area contributed by atoms with Gasteiger partial charge in [0.2, 0.25) is 0 Å². The van der Waals surface area contributed by atoms with Crippen LogP contribution in [-0.4, -0.2) is 28.9 Å². The molecule has 1 aromatic heterocycles. The van der Waals surface area contributed by atoms with Gasteiger partial charge in [0.15, 0.2) is 6.61 Å². The summed E-state index contributed by atoms with van der Waals surface area (Å²) in [6.45, 7) is 6.69. The normalized spacial score (nSPS) is 12.0. The van der Waals surface area contributed by atoms with E-state index in [-0.39, 0.29) is 18.6 Å². The van der Waals surface area contributed by atoms with E-state index in [1.54, 1.807) is 0 Å². The topological polar surface area (TPSA) is 45.3 Å². The fraction of sp³-hybridized carbons (Fsp3) is 0.222. The fourth-order valence-electron chi connectivity index (χ4n) is 3.96. The van der Waals surface area contributed by atoms with E-state index < -0.39 is 0 Å². The number of likely N-dealkylation sites (N-methyl/N-ethyl adjacent to an activating group) is 1. The SMILES string of the molecule is CCN(C(=O)COc1ccc(C)cc1)[C@H](c1ccc(C)cc1)c1c[nH]c2ccccc12. The van der Waals surface area contributed by atoms with E-state index in [4.69, 9.17) is 4.74 Å². The lowest BCUT2D eigenvalue weighted by atomic mass is 9.95. The third-order valence-electron chi connectivity index (χ3n) is 5.66. The second kappa shape index (κ2) is 9.09. The molecular weight excluding hydrogens is 384 g/mol. The molecule has 0 saturated heterocycles. The highest BCUT2D eigenvalue weighted by molar-refractivity contribution is 5.86. The molecule has 4 aromatic rings. The van der Waals surface area contributed by atoms with Gasteiger partial charge in [-0.05, 0) is 44.5 Å². The number of hydrogen-bond donors (Lipinski definition) is 1. The molecule has 0 unspecified atom stereocenters. The van der Waals surface area contributed by atoms with Gasteiger partial charge in [0, 0.05) is 29.2 Å². The number of ether oxygens (including phenoxy) is 1. The van der Waals surface area contributed by atoms with Gasteiger partial charge >= 0.3 is 0 Å². The highest BCUT2D eigenvalue weighted by Crippen LogP contribution is 2.34. The smallest absolute Gasteiger partial charge is 0.261 e. The van der Waals surface area contributed by atoms with Gasteiger partial charge in [-0.25, -0.2) is 0 Å². The molecule has 4 heteroatoms. The number of nitrogens with zero attached hydrogens (tertiary/aromatic N) is 1. The number of carbonyl (C=O) groups excluding carboxylic acids is 1. The molecule has 0 fully saturated rings. The van der Waals surface area contributed by atoms with Crippen molar-refractivity contribution in [2.24, 2.45) is 0 Å². The Labute approximate surface area is 183 Å². The Morgan fingerprint density at radius 1 is 0.935 bits per heavy atom. The lowest BCUT2D eigenvalue weighted by Crippen LogP contribution is -2.38. The highest BCUT2D eigenvalue weighted by atomic mass is 16.5. The first kappa shape index (κ1) is 20.7. The van der Waals surface area contributed by atoms with Crippen LogP contribution in [0, 0.1) is 13.8 Å². The number of aromatic amines is 1. The summed E-state index contributed by atoms with van der Waals surface area (Å²) < 4.78 is 5.82. The van der Waals surface area contributed by atoms with E-state index >= 15 is 0 Å². The molecule has 4 rings (SSSR count). The summed E-state index contributed by atoms with van der Waals surface area (Å²) in [6, 6.07) is 24.2. The van der Waals surface area contributed by atoms with Crippen LogP contribution in [0.1, 0.15) is 35.2 Å². The van der Waals surface area contributed by atoms with Crippen LogP contribution in [0.2, 0.25) is 0 Å². The summed E-state index contributed by atoms with van der Waals surface area (Å²) in [7, 11) is 0. The monoisotopic (exact) mass is 412 g/mol. The minimum Gasteiger partial charge on any atom is -0.484 e. The summed E-state index contributed by atoms with van der Waals surface area (Å²) in [5.74, 6) is 0.660. The standard InChI is InChI=1S/C27H28N2O2/c1-4-29(26(30)18-31-22-15-11-20(3)12-16-22)27(21-13-9-19(2)10-14-21)24-17-28-25-8-6-5-7-23(24)25/h5-17,27-28H,4,18H2,1-3H3/t27-/m1/s1. The van der Waals surface area contributed by atoms with Crippen molar-refractivity contribution < 1.29 is 9.53 Å². The van der Waals surface area contributed by atoms with E-state index in [0.29, 0.717) is 12.3 Å². The quantitative estimate of drug-likeness (QED) is 0.417. The number of amides is 1. The molecule has 0 spiro atoms. The maximum Gasteiger partial charge on any atom is 0.261 e. The van der Waals surface area contributed by atoms with Crippen LogP contribution in [0.5, 0.6) is 5.75 Å². The molecular formula is C27H28N2O2. The van der Waals surface area contributed by atoms with E-state index in [0.717, 1.165) is 27.6 Å². The van der Waals surface area contributed by atoms with Crippen molar-refractivity contribution in [3.63, 3.8) is 0 Å². The maximum atomic E-state index is 13.3. The summed E-state index contributed by atoms with van der Waals surface area (Å²) in [5.41, 5.74) is 5.59. The minimum absolute atomic E-state index is 0.00160. The first-order valence-electron chi connectivity index (χ1n) is 10.7. The Morgan fingerprint density at radius 2 is 1.58 bits per heavy atom. The van der Waals surface area contributed by atoms with Gasteiger partial charge in [0.05, 0.1) is 6.04 Å². The molecule has 1 N–H and O–H groups in total. The Balaban J connectivity index is 1.67. The van der Waals surface area contributed by atoms with Crippen LogP contribution >= 0.6 is 0 Å². The zero-order valence-electron chi connectivity index (χ0n) is 18.3. The number of para-hydroxylation sites is 1. The lowest BCUT2D eigenvalue weighted by Gasteiger charge is -2.31. The number of carbonyl (C=O) groups is 1. The van der Waals surface area contributed by atoms with Gasteiger partial charge in [0.25, 0.3) is 5.91 Å². The third-order valence-corrected chi connectivity index (χ3v) is 5.66. The summed E-state index contributed by atoms with van der Waals surface area (Å²) in [6.07, 6.45) is 2.02. The van der Waals surface area contributed by atoms with Crippen molar-refractivity contribution in [2.75, 3.05) is 13.2 Å². The number of rotatable bonds is 7. The van der Waals surface area contributed by atoms with Crippen LogP contribution in [0.15, 0.2) is 79.0 Å². The Morgan fingerprint density at radius 3 is 2.26 bits per heavy atom. The van der Waals surface area contributed by atoms with Gasteiger partial charge in [-0.1, -0.05) is 65.7 Å². The number of H-pyrrole nitrogens is 1. The average Bonchev–Trinajstić information content (AvgIpc) is 3.21. The maximum absolute atomic E-state index is 13.3. The largest absolute Gasteiger partial charge is 0.484 e. The fourth-order valence-corrected chi connectivity index (χ4v) is 3.96. The molecule has 1 atom stereocenters. The number of aromatic nitrogens is 1. The van der Waals surface area contributed by atoms with Gasteiger partial charge in [-0.15, -0.1) is 0 Å². The van der Waals surface area contributed by atoms with Crippen molar-refractivity contribution in [1.29, 1.82) is 0 Å². The Kier molecular flexibility index (Phi) is 6.08. The molecule has 0 aliphatic carbocycles. The second-order valence-electron chi connectivity index (χ2n) is 7.88. The van der Waals surface area contributed by atoms with E-state index in [1.807, 2.05) is 61.3 Å². The lowest BCUT2D eigenvalue weighted by molar-refractivity contribution is -0.134. The van der Waals surface area contributed by atoms with Crippen molar-refractivity contribution >= 4 is 16.8 Å². The number of benzene rings is 3. The van der Waals surface area contributed by atoms with E-state index in [2.05, 4.69) is 48.3 Å². The molecule has 31 heavy (non-hydrogen) atoms. The van der Waals surface area contributed by atoms with E-state index in [1.165, 1.54) is 5.56 Å².